The number of hydrogen-bond donors (Lipinski definition) is 0. The molecule has 4 aromatic heterocycles. The maximum absolute atomic E-state index is 9.54. The zero-order chi connectivity index (χ0) is 63.3. The molecule has 82 heavy (non-hydrogen) atoms. The molecule has 388 valence electrons. The van der Waals surface area contributed by atoms with Crippen LogP contribution in [0, 0.1) is 6.33 Å². The molecule has 0 unspecified atom stereocenters. The summed E-state index contributed by atoms with van der Waals surface area (Å²) >= 11 is 0. The van der Waals surface area contributed by atoms with Gasteiger partial charge in [0.2, 0.25) is 0 Å². The normalized spacial score (nSPS) is 13.8. The van der Waals surface area contributed by atoms with Gasteiger partial charge in [-0.3, -0.25) is 13.7 Å². The summed E-state index contributed by atoms with van der Waals surface area (Å²) in [5.74, 6) is 1.90. The Kier molecular flexibility index (Phi) is 8.61. The molecule has 15 aromatic rings. The molecule has 11 aromatic carbocycles. The van der Waals surface area contributed by atoms with Gasteiger partial charge in [0.15, 0.2) is 0 Å². The molecular formula is C76H52N4O2. The Balaban J connectivity index is 0.978. The highest BCUT2D eigenvalue weighted by Crippen LogP contribution is 2.48. The first kappa shape index (κ1) is 38.1. The molecule has 6 nitrogen and oxygen atoms in total. The van der Waals surface area contributed by atoms with Gasteiger partial charge in [0, 0.05) is 33.8 Å². The number of hydrogen-bond acceptors (Lipinski definition) is 3. The second-order valence-electron chi connectivity index (χ2n) is 21.8. The number of imidazole rings is 1. The van der Waals surface area contributed by atoms with Crippen molar-refractivity contribution in [2.75, 3.05) is 0 Å². The lowest BCUT2D eigenvalue weighted by atomic mass is 9.86. The monoisotopic (exact) mass is 1060 g/mol. The third-order valence-electron chi connectivity index (χ3n) is 15.9. The number of para-hydroxylation sites is 3. The van der Waals surface area contributed by atoms with Crippen LogP contribution in [0.5, 0.6) is 11.5 Å². The number of aromatic nitrogens is 4. The first-order chi connectivity index (χ1) is 44.4. The van der Waals surface area contributed by atoms with E-state index in [2.05, 4.69) is 92.3 Å². The van der Waals surface area contributed by atoms with E-state index >= 15 is 0 Å². The zero-order valence-electron chi connectivity index (χ0n) is 54.7. The first-order valence-electron chi connectivity index (χ1n) is 32.2. The minimum atomic E-state index is -0.539. The fraction of sp³-hybridized carbons (Fsp3) is 0.0526. The van der Waals surface area contributed by atoms with Gasteiger partial charge in [-0.1, -0.05) is 190 Å². The van der Waals surface area contributed by atoms with Gasteiger partial charge in [0.1, 0.15) is 28.5 Å². The lowest BCUT2D eigenvalue weighted by Gasteiger charge is -2.20. The molecule has 16 rings (SSSR count). The average molecular weight is 1060 g/mol. The average Bonchev–Trinajstić information content (AvgIpc) is 1.51. The van der Waals surface area contributed by atoms with Crippen LogP contribution in [-0.4, -0.2) is 14.1 Å². The van der Waals surface area contributed by atoms with Gasteiger partial charge in [-0.05, 0) is 157 Å². The van der Waals surface area contributed by atoms with Crippen molar-refractivity contribution in [2.45, 2.75) is 26.2 Å². The molecule has 0 aliphatic carbocycles. The summed E-state index contributed by atoms with van der Waals surface area (Å²) in [6.45, 7) is 6.58. The smallest absolute Gasteiger partial charge is 0.269 e. The van der Waals surface area contributed by atoms with Gasteiger partial charge in [-0.2, -0.15) is 0 Å². The Morgan fingerprint density at radius 2 is 1.12 bits per heavy atom. The number of fused-ring (bicyclic) bond motifs is 13. The largest absolute Gasteiger partial charge is 0.458 e. The molecule has 0 saturated carbocycles. The van der Waals surface area contributed by atoms with E-state index in [0.717, 1.165) is 88.5 Å². The zero-order valence-corrected chi connectivity index (χ0v) is 44.7. The van der Waals surface area contributed by atoms with E-state index in [1.807, 2.05) is 131 Å². The van der Waals surface area contributed by atoms with E-state index in [1.165, 1.54) is 0 Å². The van der Waals surface area contributed by atoms with Crippen LogP contribution < -0.4 is 9.30 Å². The Hall–Kier alpha value is -10.6. The first-order valence-corrected chi connectivity index (χ1v) is 27.2. The quantitative estimate of drug-likeness (QED) is 0.118. The summed E-state index contributed by atoms with van der Waals surface area (Å²) in [4.78, 5) is 4.91. The van der Waals surface area contributed by atoms with Crippen LogP contribution in [0.25, 0.3) is 139 Å². The van der Waals surface area contributed by atoms with Gasteiger partial charge >= 0.3 is 0 Å². The number of nitrogens with zero attached hydrogens (tertiary/aromatic N) is 4. The minimum Gasteiger partial charge on any atom is -0.458 e. The lowest BCUT2D eigenvalue weighted by Crippen LogP contribution is -2.32. The summed E-state index contributed by atoms with van der Waals surface area (Å²) in [5, 5.41) is 4.03. The Labute approximate surface area is 488 Å². The highest BCUT2D eigenvalue weighted by molar-refractivity contribution is 6.10. The minimum absolute atomic E-state index is 0.00522. The lowest BCUT2D eigenvalue weighted by molar-refractivity contribution is -0.570. The third kappa shape index (κ3) is 7.71. The molecule has 0 radical (unpaired) electrons. The topological polar surface area (TPSA) is 49.0 Å². The fourth-order valence-corrected chi connectivity index (χ4v) is 12.0. The van der Waals surface area contributed by atoms with Crippen LogP contribution in [0.15, 0.2) is 265 Å². The van der Waals surface area contributed by atoms with Crippen molar-refractivity contribution in [1.82, 2.24) is 14.1 Å². The van der Waals surface area contributed by atoms with E-state index in [4.69, 9.17) is 25.1 Å². The number of rotatable bonds is 7. The predicted molar refractivity (Wildman–Crippen MR) is 334 cm³/mol. The molecule has 0 spiro atoms. The van der Waals surface area contributed by atoms with Crippen LogP contribution in [0.1, 0.15) is 40.0 Å². The van der Waals surface area contributed by atoms with Gasteiger partial charge < -0.3 is 9.15 Å². The van der Waals surface area contributed by atoms with Crippen LogP contribution in [-0.2, 0) is 5.41 Å². The van der Waals surface area contributed by atoms with Crippen molar-refractivity contribution in [3.8, 4) is 95.5 Å². The highest BCUT2D eigenvalue weighted by atomic mass is 16.5. The van der Waals surface area contributed by atoms with Crippen LogP contribution in [0.4, 0.5) is 0 Å². The van der Waals surface area contributed by atoms with Gasteiger partial charge in [-0.15, -0.1) is 0 Å². The molecule has 0 saturated heterocycles. The predicted octanol–water partition coefficient (Wildman–Crippen LogP) is 19.5. The van der Waals surface area contributed by atoms with Crippen molar-refractivity contribution in [2.24, 2.45) is 0 Å². The van der Waals surface area contributed by atoms with E-state index in [1.54, 1.807) is 18.2 Å². The third-order valence-corrected chi connectivity index (χ3v) is 15.9. The Morgan fingerprint density at radius 3 is 1.96 bits per heavy atom. The number of benzene rings is 11. The van der Waals surface area contributed by atoms with E-state index in [-0.39, 0.29) is 28.6 Å². The molecule has 5 heterocycles. The second kappa shape index (κ2) is 18.5. The van der Waals surface area contributed by atoms with Gasteiger partial charge in [-0.25, -0.2) is 4.98 Å². The molecule has 0 fully saturated rings. The Bertz CT molecular complexity index is 5640. The van der Waals surface area contributed by atoms with Gasteiger partial charge in [0.25, 0.3) is 6.33 Å². The summed E-state index contributed by atoms with van der Waals surface area (Å²) in [6, 6.07) is 59.2. The molecule has 1 aliphatic rings. The second-order valence-corrected chi connectivity index (χ2v) is 21.8. The Morgan fingerprint density at radius 1 is 0.463 bits per heavy atom. The summed E-state index contributed by atoms with van der Waals surface area (Å²) < 4.78 is 109. The maximum atomic E-state index is 9.54. The molecule has 0 N–H and O–H groups in total. The van der Waals surface area contributed by atoms with E-state index in [0.29, 0.717) is 56.2 Å². The summed E-state index contributed by atoms with van der Waals surface area (Å²) in [6.07, 6.45) is 5.67. The molecule has 1 aliphatic heterocycles. The molecule has 0 atom stereocenters. The van der Waals surface area contributed by atoms with Crippen LogP contribution in [0.2, 0.25) is 0 Å². The standard InChI is InChI=1S/C76H52N4O2/c1-76(2,3)53-38-39-77-73(44-53)80-68-30-14-12-26-61(68)62-36-34-56(46-69(62)80)81-55-23-16-22-54(45-55)78-47-79-74-57(49-20-8-5-9-21-49)28-17-29-64(74)65-40-50(48-18-6-4-7-19-48)32-35-60(65)58-24-10-11-25-59(58)67-42-52(43-70(78)75(67)79)51-33-37-72-66(41-51)63-27-13-15-31-71(63)82-72/h4-46H,1-3H3/i4D,5D,6D,7D,8D,9D,18D,19D,20D,21D. The van der Waals surface area contributed by atoms with Crippen molar-refractivity contribution in [1.29, 1.82) is 0 Å². The van der Waals surface area contributed by atoms with Crippen LogP contribution >= 0.6 is 0 Å². The van der Waals surface area contributed by atoms with Crippen molar-refractivity contribution < 1.29 is 27.4 Å². The van der Waals surface area contributed by atoms with E-state index in [9.17, 15) is 2.74 Å². The van der Waals surface area contributed by atoms with E-state index < -0.39 is 48.3 Å². The summed E-state index contributed by atoms with van der Waals surface area (Å²) in [5.41, 5.74) is 13.4. The fourth-order valence-electron chi connectivity index (χ4n) is 12.0. The molecule has 6 heteroatoms. The van der Waals surface area contributed by atoms with Gasteiger partial charge in [0.05, 0.1) is 47.1 Å². The molecule has 0 bridgehead atoms. The van der Waals surface area contributed by atoms with Crippen molar-refractivity contribution >= 4 is 54.8 Å². The number of furan rings is 1. The van der Waals surface area contributed by atoms with Crippen LogP contribution in [0.3, 0.4) is 0 Å². The maximum Gasteiger partial charge on any atom is 0.269 e. The number of pyridine rings is 1. The van der Waals surface area contributed by atoms with Crippen molar-refractivity contribution in [3.05, 3.63) is 273 Å². The number of ether oxygens (including phenoxy) is 1. The molecular weight excluding hydrogens is 1000 g/mol. The SMILES string of the molecule is [2H]c1c([2H])c([2H])c(-c2ccc3c(c2)-c2cccc(-c4c([2H])c([2H])c([2H])c([2H])c4[2H])c2-[n+]2[c-]n(-c4cccc(Oc5ccc6c7ccccc7n(-c7cc(C(C)(C)C)ccn7)c6c5)c4)c4cc(-c5ccc6oc7ccccc7c6c5)cc(c42)-c2ccccc2-3)c([2H])c1[2H]. The highest BCUT2D eigenvalue weighted by Gasteiger charge is 2.28. The molecule has 0 amide bonds. The van der Waals surface area contributed by atoms with Crippen molar-refractivity contribution in [3.63, 3.8) is 0 Å². The summed E-state index contributed by atoms with van der Waals surface area (Å²) in [7, 11) is 0.